The minimum atomic E-state index is 0.0295. The van der Waals surface area contributed by atoms with Gasteiger partial charge in [0.05, 0.1) is 10.6 Å². The lowest BCUT2D eigenvalue weighted by molar-refractivity contribution is 0.0941. The molecule has 0 saturated carbocycles. The number of hydrogen-bond donors (Lipinski definition) is 1. The summed E-state index contributed by atoms with van der Waals surface area (Å²) in [7, 11) is 1.92. The fraction of sp³-hybridized carbons (Fsp3) is 0.625. The molecule has 2 aromatic heterocycles. The van der Waals surface area contributed by atoms with Crippen molar-refractivity contribution in [1.29, 1.82) is 0 Å². The van der Waals surface area contributed by atoms with Gasteiger partial charge in [-0.25, -0.2) is 0 Å². The van der Waals surface area contributed by atoms with Crippen LogP contribution < -0.4 is 5.32 Å². The van der Waals surface area contributed by atoms with Gasteiger partial charge in [-0.15, -0.1) is 11.3 Å². The first-order valence-corrected chi connectivity index (χ1v) is 8.34. The maximum Gasteiger partial charge on any atom is 0.261 e. The number of aromatic nitrogens is 2. The zero-order valence-corrected chi connectivity index (χ0v) is 14.5. The number of nitrogens with zero attached hydrogens (tertiary/aromatic N) is 2. The largest absolute Gasteiger partial charge is 0.351 e. The van der Waals surface area contributed by atoms with Gasteiger partial charge in [0, 0.05) is 19.0 Å². The van der Waals surface area contributed by atoms with E-state index in [4.69, 9.17) is 0 Å². The van der Waals surface area contributed by atoms with E-state index in [9.17, 15) is 4.79 Å². The molecule has 2 aromatic rings. The average molecular weight is 307 g/mol. The second-order valence-corrected chi connectivity index (χ2v) is 7.43. The number of thiophene rings is 1. The van der Waals surface area contributed by atoms with Gasteiger partial charge in [-0.1, -0.05) is 27.7 Å². The predicted molar refractivity (Wildman–Crippen MR) is 88.8 cm³/mol. The smallest absolute Gasteiger partial charge is 0.261 e. The second kappa shape index (κ2) is 6.18. The Bertz CT molecular complexity index is 597. The highest BCUT2D eigenvalue weighted by molar-refractivity contribution is 7.20. The molecular weight excluding hydrogens is 282 g/mol. The molecule has 0 unspecified atom stereocenters. The molecule has 0 radical (unpaired) electrons. The van der Waals surface area contributed by atoms with E-state index in [0.717, 1.165) is 27.3 Å². The zero-order valence-electron chi connectivity index (χ0n) is 13.7. The van der Waals surface area contributed by atoms with Gasteiger partial charge in [-0.3, -0.25) is 9.48 Å². The van der Waals surface area contributed by atoms with Gasteiger partial charge < -0.3 is 5.32 Å². The van der Waals surface area contributed by atoms with Crippen LogP contribution in [0.3, 0.4) is 0 Å². The van der Waals surface area contributed by atoms with Gasteiger partial charge in [0.25, 0.3) is 5.91 Å². The number of aryl methyl sites for hydroxylation is 2. The summed E-state index contributed by atoms with van der Waals surface area (Å²) in [6.07, 6.45) is 0. The van der Waals surface area contributed by atoms with Crippen LogP contribution >= 0.6 is 11.3 Å². The Morgan fingerprint density at radius 1 is 1.33 bits per heavy atom. The third kappa shape index (κ3) is 3.28. The predicted octanol–water partition coefficient (Wildman–Crippen LogP) is 3.60. The van der Waals surface area contributed by atoms with E-state index in [2.05, 4.69) is 38.1 Å². The summed E-state index contributed by atoms with van der Waals surface area (Å²) in [5.74, 6) is 1.67. The summed E-state index contributed by atoms with van der Waals surface area (Å²) >= 11 is 1.51. The highest BCUT2D eigenvalue weighted by atomic mass is 32.1. The molecule has 5 heteroatoms. The molecule has 1 N–H and O–H groups in total. The summed E-state index contributed by atoms with van der Waals surface area (Å²) in [5.41, 5.74) is 0.977. The molecule has 116 valence electrons. The third-order valence-electron chi connectivity index (χ3n) is 4.13. The van der Waals surface area contributed by atoms with E-state index >= 15 is 0 Å². The van der Waals surface area contributed by atoms with Crippen molar-refractivity contribution >= 4 is 27.5 Å². The summed E-state index contributed by atoms with van der Waals surface area (Å²) in [4.78, 5) is 14.2. The Morgan fingerprint density at radius 3 is 2.48 bits per heavy atom. The van der Waals surface area contributed by atoms with Crippen LogP contribution in [0.4, 0.5) is 0 Å². The molecular formula is C16H25N3OS. The van der Waals surface area contributed by atoms with Gasteiger partial charge in [0.15, 0.2) is 0 Å². The first-order chi connectivity index (χ1) is 9.81. The molecule has 0 aliphatic heterocycles. The molecule has 0 bridgehead atoms. The van der Waals surface area contributed by atoms with Crippen molar-refractivity contribution in [3.63, 3.8) is 0 Å². The molecule has 0 aliphatic rings. The number of rotatable bonds is 5. The van der Waals surface area contributed by atoms with Crippen molar-refractivity contribution in [1.82, 2.24) is 15.1 Å². The minimum Gasteiger partial charge on any atom is -0.351 e. The van der Waals surface area contributed by atoms with Crippen LogP contribution in [0.2, 0.25) is 0 Å². The second-order valence-electron chi connectivity index (χ2n) is 6.40. The van der Waals surface area contributed by atoms with Crippen molar-refractivity contribution in [2.45, 2.75) is 34.6 Å². The van der Waals surface area contributed by atoms with Gasteiger partial charge in [0.2, 0.25) is 0 Å². The fourth-order valence-corrected chi connectivity index (χ4v) is 3.90. The van der Waals surface area contributed by atoms with E-state index in [1.165, 1.54) is 11.3 Å². The Hall–Kier alpha value is -1.36. The molecule has 0 aliphatic carbocycles. The van der Waals surface area contributed by atoms with Crippen LogP contribution in [0.15, 0.2) is 6.07 Å². The van der Waals surface area contributed by atoms with Crippen LogP contribution in [-0.2, 0) is 7.05 Å². The molecule has 4 nitrogen and oxygen atoms in total. The number of nitrogens with one attached hydrogen (secondary N) is 1. The standard InChI is InChI=1S/C16H25N3OS/c1-9(2)13(10(3)4)8-17-15(20)14-7-12-11(5)18-19(6)16(12)21-14/h7,9-10,13H,8H2,1-6H3,(H,17,20). The maximum atomic E-state index is 12.4. The molecule has 1 amide bonds. The molecule has 0 atom stereocenters. The molecule has 0 aromatic carbocycles. The first kappa shape index (κ1) is 16.0. The average Bonchev–Trinajstić information content (AvgIpc) is 2.91. The summed E-state index contributed by atoms with van der Waals surface area (Å²) in [6.45, 7) is 11.6. The van der Waals surface area contributed by atoms with E-state index in [1.54, 1.807) is 0 Å². The Kier molecular flexibility index (Phi) is 4.71. The molecule has 0 spiro atoms. The van der Waals surface area contributed by atoms with Crippen molar-refractivity contribution < 1.29 is 4.79 Å². The van der Waals surface area contributed by atoms with Crippen LogP contribution in [0, 0.1) is 24.7 Å². The summed E-state index contributed by atoms with van der Waals surface area (Å²) in [6, 6.07) is 1.96. The maximum absolute atomic E-state index is 12.4. The van der Waals surface area contributed by atoms with Gasteiger partial charge in [-0.2, -0.15) is 5.10 Å². The Morgan fingerprint density at radius 2 is 1.95 bits per heavy atom. The Labute approximate surface area is 130 Å². The number of fused-ring (bicyclic) bond motifs is 1. The lowest BCUT2D eigenvalue weighted by Gasteiger charge is -2.24. The van der Waals surface area contributed by atoms with Gasteiger partial charge in [0.1, 0.15) is 4.83 Å². The quantitative estimate of drug-likeness (QED) is 0.917. The summed E-state index contributed by atoms with van der Waals surface area (Å²) < 4.78 is 1.84. The number of carbonyl (C=O) groups is 1. The van der Waals surface area contributed by atoms with Crippen molar-refractivity contribution in [3.8, 4) is 0 Å². The molecule has 0 fully saturated rings. The number of amides is 1. The van der Waals surface area contributed by atoms with Crippen LogP contribution in [0.5, 0.6) is 0 Å². The first-order valence-electron chi connectivity index (χ1n) is 7.52. The fourth-order valence-electron chi connectivity index (χ4n) is 2.86. The minimum absolute atomic E-state index is 0.0295. The molecule has 2 rings (SSSR count). The SMILES string of the molecule is Cc1nn(C)c2sc(C(=O)NCC(C(C)C)C(C)C)cc12. The topological polar surface area (TPSA) is 46.9 Å². The van der Waals surface area contributed by atoms with Crippen molar-refractivity contribution in [2.75, 3.05) is 6.54 Å². The van der Waals surface area contributed by atoms with Gasteiger partial charge in [-0.05, 0) is 30.7 Å². The molecule has 21 heavy (non-hydrogen) atoms. The normalized spacial score (nSPS) is 12.0. The number of hydrogen-bond acceptors (Lipinski definition) is 3. The molecule has 0 saturated heterocycles. The number of carbonyl (C=O) groups excluding carboxylic acids is 1. The zero-order chi connectivity index (χ0) is 15.7. The van der Waals surface area contributed by atoms with E-state index in [0.29, 0.717) is 17.8 Å². The highest BCUT2D eigenvalue weighted by Crippen LogP contribution is 2.27. The van der Waals surface area contributed by atoms with E-state index in [1.807, 2.05) is 24.7 Å². The van der Waals surface area contributed by atoms with Crippen LogP contribution in [0.1, 0.15) is 43.1 Å². The highest BCUT2D eigenvalue weighted by Gasteiger charge is 2.20. The monoisotopic (exact) mass is 307 g/mol. The van der Waals surface area contributed by atoms with E-state index < -0.39 is 0 Å². The van der Waals surface area contributed by atoms with Crippen molar-refractivity contribution in [3.05, 3.63) is 16.6 Å². The van der Waals surface area contributed by atoms with Gasteiger partial charge >= 0.3 is 0 Å². The van der Waals surface area contributed by atoms with Crippen molar-refractivity contribution in [2.24, 2.45) is 24.8 Å². The Balaban J connectivity index is 2.10. The third-order valence-corrected chi connectivity index (χ3v) is 5.33. The van der Waals surface area contributed by atoms with Crippen LogP contribution in [-0.4, -0.2) is 22.2 Å². The van der Waals surface area contributed by atoms with E-state index in [-0.39, 0.29) is 5.91 Å². The van der Waals surface area contributed by atoms with Crippen LogP contribution in [0.25, 0.3) is 10.2 Å². The molecule has 2 heterocycles. The lowest BCUT2D eigenvalue weighted by Crippen LogP contribution is -2.33. The summed E-state index contributed by atoms with van der Waals surface area (Å²) in [5, 5.41) is 8.54. The lowest BCUT2D eigenvalue weighted by atomic mass is 9.85.